The third kappa shape index (κ3) is 4.91. The molecule has 108 valence electrons. The molecule has 0 radical (unpaired) electrons. The van der Waals surface area contributed by atoms with Gasteiger partial charge in [0.15, 0.2) is 0 Å². The Morgan fingerprint density at radius 1 is 1.05 bits per heavy atom. The molecule has 0 aliphatic rings. The van der Waals surface area contributed by atoms with Crippen molar-refractivity contribution >= 4 is 11.6 Å². The van der Waals surface area contributed by atoms with Crippen molar-refractivity contribution in [3.63, 3.8) is 0 Å². The van der Waals surface area contributed by atoms with E-state index in [0.717, 1.165) is 11.1 Å². The van der Waals surface area contributed by atoms with Gasteiger partial charge >= 0.3 is 0 Å². The van der Waals surface area contributed by atoms with Gasteiger partial charge in [0.25, 0.3) is 0 Å². The van der Waals surface area contributed by atoms with Crippen LogP contribution in [0.25, 0.3) is 0 Å². The first-order valence-corrected chi connectivity index (χ1v) is 7.31. The van der Waals surface area contributed by atoms with Crippen LogP contribution in [-0.4, -0.2) is 18.3 Å². The standard InChI is InChI=1S/C18H18ClNO/c19-17-11-5-4-7-15(17)10-6-13-20-18(12-14-21)16-8-2-1-3-9-16/h1-5,7-9,11,18,20-21H,12-14H2. The average molecular weight is 300 g/mol. The molecular weight excluding hydrogens is 282 g/mol. The molecule has 0 heterocycles. The van der Waals surface area contributed by atoms with E-state index in [2.05, 4.69) is 29.3 Å². The molecule has 0 bridgehead atoms. The molecule has 3 heteroatoms. The summed E-state index contributed by atoms with van der Waals surface area (Å²) < 4.78 is 0. The van der Waals surface area contributed by atoms with E-state index in [1.807, 2.05) is 42.5 Å². The van der Waals surface area contributed by atoms with Crippen LogP contribution < -0.4 is 5.32 Å². The van der Waals surface area contributed by atoms with Gasteiger partial charge in [-0.05, 0) is 24.1 Å². The zero-order valence-electron chi connectivity index (χ0n) is 11.7. The van der Waals surface area contributed by atoms with Gasteiger partial charge in [0, 0.05) is 18.2 Å². The first-order chi connectivity index (χ1) is 10.3. The number of aliphatic hydroxyl groups excluding tert-OH is 1. The van der Waals surface area contributed by atoms with Crippen molar-refractivity contribution in [2.45, 2.75) is 12.5 Å². The van der Waals surface area contributed by atoms with Crippen LogP contribution in [0.4, 0.5) is 0 Å². The van der Waals surface area contributed by atoms with Gasteiger partial charge in [-0.3, -0.25) is 5.32 Å². The smallest absolute Gasteiger partial charge is 0.0585 e. The maximum atomic E-state index is 9.18. The van der Waals surface area contributed by atoms with Crippen molar-refractivity contribution in [3.05, 3.63) is 70.7 Å². The normalized spacial score (nSPS) is 11.5. The maximum absolute atomic E-state index is 9.18. The van der Waals surface area contributed by atoms with Crippen LogP contribution in [0, 0.1) is 11.8 Å². The highest BCUT2D eigenvalue weighted by molar-refractivity contribution is 6.31. The largest absolute Gasteiger partial charge is 0.396 e. The van der Waals surface area contributed by atoms with Crippen molar-refractivity contribution in [2.75, 3.05) is 13.2 Å². The van der Waals surface area contributed by atoms with E-state index < -0.39 is 0 Å². The molecule has 1 unspecified atom stereocenters. The topological polar surface area (TPSA) is 32.3 Å². The van der Waals surface area contributed by atoms with E-state index in [4.69, 9.17) is 11.6 Å². The number of aliphatic hydroxyl groups is 1. The predicted octanol–water partition coefficient (Wildman–Crippen LogP) is 3.40. The molecule has 0 aliphatic carbocycles. The fourth-order valence-electron chi connectivity index (χ4n) is 2.08. The summed E-state index contributed by atoms with van der Waals surface area (Å²) in [4.78, 5) is 0. The highest BCUT2D eigenvalue weighted by atomic mass is 35.5. The van der Waals surface area contributed by atoms with Crippen LogP contribution in [0.2, 0.25) is 5.02 Å². The molecule has 0 saturated carbocycles. The minimum Gasteiger partial charge on any atom is -0.396 e. The van der Waals surface area contributed by atoms with E-state index >= 15 is 0 Å². The van der Waals surface area contributed by atoms with Gasteiger partial charge in [0.2, 0.25) is 0 Å². The molecule has 2 nitrogen and oxygen atoms in total. The Labute approximate surface area is 130 Å². The van der Waals surface area contributed by atoms with Crippen molar-refractivity contribution in [2.24, 2.45) is 0 Å². The third-order valence-electron chi connectivity index (χ3n) is 3.15. The molecule has 0 amide bonds. The van der Waals surface area contributed by atoms with Gasteiger partial charge in [-0.1, -0.05) is 65.9 Å². The summed E-state index contributed by atoms with van der Waals surface area (Å²) in [6.07, 6.45) is 0.664. The molecular formula is C18H18ClNO. The molecule has 0 spiro atoms. The molecule has 1 atom stereocenters. The second-order valence-corrected chi connectivity index (χ2v) is 5.05. The molecule has 0 saturated heterocycles. The zero-order chi connectivity index (χ0) is 14.9. The van der Waals surface area contributed by atoms with Gasteiger partial charge < -0.3 is 5.11 Å². The second kappa shape index (κ2) is 8.49. The Hall–Kier alpha value is -1.79. The van der Waals surface area contributed by atoms with Crippen LogP contribution in [-0.2, 0) is 0 Å². The summed E-state index contributed by atoms with van der Waals surface area (Å²) in [5.74, 6) is 6.13. The predicted molar refractivity (Wildman–Crippen MR) is 87.2 cm³/mol. The van der Waals surface area contributed by atoms with Gasteiger partial charge in [-0.25, -0.2) is 0 Å². The Bertz CT molecular complexity index is 616. The van der Waals surface area contributed by atoms with Gasteiger partial charge in [0.05, 0.1) is 11.6 Å². The number of halogens is 1. The van der Waals surface area contributed by atoms with Gasteiger partial charge in [-0.2, -0.15) is 0 Å². The summed E-state index contributed by atoms with van der Waals surface area (Å²) in [6.45, 7) is 0.690. The highest BCUT2D eigenvalue weighted by Gasteiger charge is 2.08. The van der Waals surface area contributed by atoms with Crippen LogP contribution in [0.5, 0.6) is 0 Å². The lowest BCUT2D eigenvalue weighted by Gasteiger charge is -2.16. The minimum atomic E-state index is 0.108. The summed E-state index contributed by atoms with van der Waals surface area (Å²) in [6, 6.07) is 17.7. The second-order valence-electron chi connectivity index (χ2n) is 4.64. The third-order valence-corrected chi connectivity index (χ3v) is 3.48. The Morgan fingerprint density at radius 2 is 1.76 bits per heavy atom. The molecule has 2 aromatic carbocycles. The summed E-state index contributed by atoms with van der Waals surface area (Å²) >= 11 is 6.06. The Kier molecular flexibility index (Phi) is 6.30. The number of benzene rings is 2. The van der Waals surface area contributed by atoms with E-state index in [1.165, 1.54) is 0 Å². The Morgan fingerprint density at radius 3 is 2.48 bits per heavy atom. The molecule has 21 heavy (non-hydrogen) atoms. The number of nitrogens with one attached hydrogen (secondary N) is 1. The van der Waals surface area contributed by atoms with E-state index in [-0.39, 0.29) is 12.6 Å². The summed E-state index contributed by atoms with van der Waals surface area (Å²) in [5, 5.41) is 13.2. The fourth-order valence-corrected chi connectivity index (χ4v) is 2.26. The lowest BCUT2D eigenvalue weighted by molar-refractivity contribution is 0.267. The lowest BCUT2D eigenvalue weighted by atomic mass is 10.0. The molecule has 2 aromatic rings. The monoisotopic (exact) mass is 299 g/mol. The first kappa shape index (κ1) is 15.6. The van der Waals surface area contributed by atoms with Crippen molar-refractivity contribution in [3.8, 4) is 11.8 Å². The molecule has 0 aliphatic heterocycles. The summed E-state index contributed by atoms with van der Waals surface area (Å²) in [5.41, 5.74) is 1.99. The number of hydrogen-bond acceptors (Lipinski definition) is 2. The van der Waals surface area contributed by atoms with E-state index in [0.29, 0.717) is 18.0 Å². The molecule has 2 N–H and O–H groups in total. The highest BCUT2D eigenvalue weighted by Crippen LogP contribution is 2.15. The van der Waals surface area contributed by atoms with Crippen LogP contribution in [0.1, 0.15) is 23.6 Å². The van der Waals surface area contributed by atoms with Gasteiger partial charge in [-0.15, -0.1) is 0 Å². The lowest BCUT2D eigenvalue weighted by Crippen LogP contribution is -2.22. The number of hydrogen-bond donors (Lipinski definition) is 2. The molecule has 2 rings (SSSR count). The van der Waals surface area contributed by atoms with E-state index in [9.17, 15) is 5.11 Å². The number of rotatable bonds is 5. The SMILES string of the molecule is OCCC(NCC#Cc1ccccc1Cl)c1ccccc1. The average Bonchev–Trinajstić information content (AvgIpc) is 2.53. The van der Waals surface area contributed by atoms with Gasteiger partial charge in [0.1, 0.15) is 0 Å². The Balaban J connectivity index is 1.96. The van der Waals surface area contributed by atoms with Crippen molar-refractivity contribution in [1.82, 2.24) is 5.32 Å². The minimum absolute atomic E-state index is 0.108. The maximum Gasteiger partial charge on any atom is 0.0585 e. The fraction of sp³-hybridized carbons (Fsp3) is 0.222. The molecule has 0 fully saturated rings. The van der Waals surface area contributed by atoms with Crippen molar-refractivity contribution < 1.29 is 5.11 Å². The molecule has 0 aromatic heterocycles. The first-order valence-electron chi connectivity index (χ1n) is 6.94. The quantitative estimate of drug-likeness (QED) is 0.829. The zero-order valence-corrected chi connectivity index (χ0v) is 12.5. The van der Waals surface area contributed by atoms with Crippen LogP contribution in [0.3, 0.4) is 0 Å². The van der Waals surface area contributed by atoms with Crippen molar-refractivity contribution in [1.29, 1.82) is 0 Å². The van der Waals surface area contributed by atoms with Crippen LogP contribution >= 0.6 is 11.6 Å². The van der Waals surface area contributed by atoms with Crippen LogP contribution in [0.15, 0.2) is 54.6 Å². The summed E-state index contributed by atoms with van der Waals surface area (Å²) in [7, 11) is 0. The van der Waals surface area contributed by atoms with E-state index in [1.54, 1.807) is 0 Å².